The number of hydrogen-bond donors (Lipinski definition) is 2. The van der Waals surface area contributed by atoms with Gasteiger partial charge in [-0.05, 0) is 67.9 Å². The number of fused-ring (bicyclic) bond motifs is 1. The van der Waals surface area contributed by atoms with Gasteiger partial charge in [-0.2, -0.15) is 0 Å². The molecule has 0 aromatic heterocycles. The van der Waals surface area contributed by atoms with E-state index in [1.54, 1.807) is 24.3 Å². The topological polar surface area (TPSA) is 81.8 Å². The predicted octanol–water partition coefficient (Wildman–Crippen LogP) is 3.18. The summed E-state index contributed by atoms with van der Waals surface area (Å²) in [5.74, 6) is -1.11. The molecule has 0 aliphatic carbocycles. The van der Waals surface area contributed by atoms with Crippen LogP contribution in [-0.4, -0.2) is 47.4 Å². The third-order valence-corrected chi connectivity index (χ3v) is 5.74. The molecular formula is C23H24N4O3S. The average molecular weight is 437 g/mol. The molecule has 2 heterocycles. The summed E-state index contributed by atoms with van der Waals surface area (Å²) >= 11 is 5.22. The van der Waals surface area contributed by atoms with Gasteiger partial charge in [-0.15, -0.1) is 0 Å². The molecule has 2 aliphatic rings. The fourth-order valence-corrected chi connectivity index (χ4v) is 4.15. The van der Waals surface area contributed by atoms with Crippen LogP contribution in [0.15, 0.2) is 48.5 Å². The number of imide groups is 1. The van der Waals surface area contributed by atoms with Crippen molar-refractivity contribution in [2.75, 3.05) is 29.9 Å². The lowest BCUT2D eigenvalue weighted by Crippen LogP contribution is -2.38. The number of anilines is 2. The van der Waals surface area contributed by atoms with Crippen LogP contribution in [0.5, 0.6) is 0 Å². The van der Waals surface area contributed by atoms with Crippen molar-refractivity contribution in [3.05, 3.63) is 59.7 Å². The van der Waals surface area contributed by atoms with Crippen molar-refractivity contribution in [2.24, 2.45) is 0 Å². The van der Waals surface area contributed by atoms with Gasteiger partial charge in [0.15, 0.2) is 5.11 Å². The SMILES string of the molecule is O=C(CCN1C(=O)c2ccccc2C1=O)NC(=S)Nc1ccc(N2CCCCC2)cc1. The van der Waals surface area contributed by atoms with E-state index in [9.17, 15) is 14.4 Å². The van der Waals surface area contributed by atoms with Crippen LogP contribution in [-0.2, 0) is 4.79 Å². The van der Waals surface area contributed by atoms with Crippen LogP contribution >= 0.6 is 12.2 Å². The van der Waals surface area contributed by atoms with Gasteiger partial charge in [0, 0.05) is 37.4 Å². The van der Waals surface area contributed by atoms with Crippen LogP contribution in [0.2, 0.25) is 0 Å². The van der Waals surface area contributed by atoms with E-state index in [0.717, 1.165) is 23.7 Å². The zero-order valence-corrected chi connectivity index (χ0v) is 17.9. The second-order valence-electron chi connectivity index (χ2n) is 7.65. The highest BCUT2D eigenvalue weighted by atomic mass is 32.1. The summed E-state index contributed by atoms with van der Waals surface area (Å²) in [6.45, 7) is 2.16. The van der Waals surface area contributed by atoms with E-state index in [2.05, 4.69) is 15.5 Å². The molecule has 3 amide bonds. The number of nitrogens with zero attached hydrogens (tertiary/aromatic N) is 2. The molecule has 8 heteroatoms. The summed E-state index contributed by atoms with van der Waals surface area (Å²) in [5, 5.41) is 5.78. The van der Waals surface area contributed by atoms with Gasteiger partial charge in [0.05, 0.1) is 11.1 Å². The van der Waals surface area contributed by atoms with Gasteiger partial charge in [-0.1, -0.05) is 12.1 Å². The second-order valence-corrected chi connectivity index (χ2v) is 8.06. The normalized spacial score (nSPS) is 15.6. The summed E-state index contributed by atoms with van der Waals surface area (Å²) < 4.78 is 0. The van der Waals surface area contributed by atoms with Gasteiger partial charge in [0.2, 0.25) is 5.91 Å². The summed E-state index contributed by atoms with van der Waals surface area (Å²) in [6, 6.07) is 14.6. The van der Waals surface area contributed by atoms with E-state index in [-0.39, 0.29) is 35.8 Å². The zero-order valence-electron chi connectivity index (χ0n) is 17.1. The molecule has 0 bridgehead atoms. The van der Waals surface area contributed by atoms with Gasteiger partial charge in [0.25, 0.3) is 11.8 Å². The number of benzene rings is 2. The minimum Gasteiger partial charge on any atom is -0.372 e. The Balaban J connectivity index is 1.25. The Morgan fingerprint density at radius 3 is 2.13 bits per heavy atom. The highest BCUT2D eigenvalue weighted by molar-refractivity contribution is 7.80. The number of nitrogens with one attached hydrogen (secondary N) is 2. The maximum absolute atomic E-state index is 12.4. The molecule has 2 aromatic carbocycles. The molecule has 0 atom stereocenters. The molecule has 0 saturated carbocycles. The summed E-state index contributed by atoms with van der Waals surface area (Å²) in [6.07, 6.45) is 3.70. The quantitative estimate of drug-likeness (QED) is 0.554. The lowest BCUT2D eigenvalue weighted by atomic mass is 10.1. The van der Waals surface area contributed by atoms with Crippen LogP contribution in [0.25, 0.3) is 0 Å². The smallest absolute Gasteiger partial charge is 0.261 e. The Morgan fingerprint density at radius 2 is 1.52 bits per heavy atom. The van der Waals surface area contributed by atoms with Gasteiger partial charge in [-0.3, -0.25) is 19.3 Å². The first-order valence-electron chi connectivity index (χ1n) is 10.4. The number of rotatable bonds is 5. The van der Waals surface area contributed by atoms with E-state index >= 15 is 0 Å². The average Bonchev–Trinajstić information content (AvgIpc) is 3.03. The first-order chi connectivity index (χ1) is 15.0. The molecule has 2 N–H and O–H groups in total. The zero-order chi connectivity index (χ0) is 21.8. The van der Waals surface area contributed by atoms with Crippen molar-refractivity contribution >= 4 is 46.4 Å². The number of piperidine rings is 1. The van der Waals surface area contributed by atoms with Gasteiger partial charge >= 0.3 is 0 Å². The highest BCUT2D eigenvalue weighted by Gasteiger charge is 2.34. The third-order valence-electron chi connectivity index (χ3n) is 5.54. The van der Waals surface area contributed by atoms with E-state index in [1.807, 2.05) is 24.3 Å². The Hall–Kier alpha value is -3.26. The van der Waals surface area contributed by atoms with Gasteiger partial charge < -0.3 is 15.5 Å². The highest BCUT2D eigenvalue weighted by Crippen LogP contribution is 2.23. The van der Waals surface area contributed by atoms with Crippen molar-refractivity contribution in [3.63, 3.8) is 0 Å². The largest absolute Gasteiger partial charge is 0.372 e. The summed E-state index contributed by atoms with van der Waals surface area (Å²) in [4.78, 5) is 40.4. The van der Waals surface area contributed by atoms with Crippen molar-refractivity contribution in [2.45, 2.75) is 25.7 Å². The molecule has 1 saturated heterocycles. The van der Waals surface area contributed by atoms with Crippen LogP contribution in [0.3, 0.4) is 0 Å². The molecule has 0 radical (unpaired) electrons. The number of carbonyl (C=O) groups excluding carboxylic acids is 3. The second kappa shape index (κ2) is 9.26. The van der Waals surface area contributed by atoms with Crippen molar-refractivity contribution in [1.29, 1.82) is 0 Å². The minimum absolute atomic E-state index is 0.00528. The standard InChI is InChI=1S/C23H24N4O3S/c28-20(12-15-27-21(29)18-6-2-3-7-19(18)22(27)30)25-23(31)24-16-8-10-17(11-9-16)26-13-4-1-5-14-26/h2-3,6-11H,1,4-5,12-15H2,(H2,24,25,28,31). The fourth-order valence-electron chi connectivity index (χ4n) is 3.91. The predicted molar refractivity (Wildman–Crippen MR) is 123 cm³/mol. The minimum atomic E-state index is -0.372. The molecule has 0 spiro atoms. The molecule has 31 heavy (non-hydrogen) atoms. The summed E-state index contributed by atoms with van der Waals surface area (Å²) in [7, 11) is 0. The molecule has 1 fully saturated rings. The van der Waals surface area contributed by atoms with Crippen molar-refractivity contribution < 1.29 is 14.4 Å². The molecule has 160 valence electrons. The van der Waals surface area contributed by atoms with E-state index in [1.165, 1.54) is 24.9 Å². The lowest BCUT2D eigenvalue weighted by molar-refractivity contribution is -0.119. The molecule has 2 aliphatic heterocycles. The third kappa shape index (κ3) is 4.74. The van der Waals surface area contributed by atoms with Gasteiger partial charge in [-0.25, -0.2) is 0 Å². The maximum Gasteiger partial charge on any atom is 0.261 e. The van der Waals surface area contributed by atoms with E-state index in [4.69, 9.17) is 12.2 Å². The molecule has 7 nitrogen and oxygen atoms in total. The number of amides is 3. The lowest BCUT2D eigenvalue weighted by Gasteiger charge is -2.28. The van der Waals surface area contributed by atoms with Gasteiger partial charge in [0.1, 0.15) is 0 Å². The number of carbonyl (C=O) groups is 3. The Morgan fingerprint density at radius 1 is 0.903 bits per heavy atom. The Kier molecular flexibility index (Phi) is 6.27. The maximum atomic E-state index is 12.4. The first kappa shape index (κ1) is 21.0. The monoisotopic (exact) mass is 436 g/mol. The number of thiocarbonyl (C=S) groups is 1. The van der Waals surface area contributed by atoms with Crippen LogP contribution in [0, 0.1) is 0 Å². The molecular weight excluding hydrogens is 412 g/mol. The molecule has 2 aromatic rings. The number of hydrogen-bond acceptors (Lipinski definition) is 5. The van der Waals surface area contributed by atoms with Crippen LogP contribution in [0.4, 0.5) is 11.4 Å². The van der Waals surface area contributed by atoms with Crippen molar-refractivity contribution in [1.82, 2.24) is 10.2 Å². The Labute approximate surface area is 186 Å². The molecule has 4 rings (SSSR count). The summed E-state index contributed by atoms with van der Waals surface area (Å²) in [5.41, 5.74) is 2.71. The van der Waals surface area contributed by atoms with Crippen LogP contribution < -0.4 is 15.5 Å². The van der Waals surface area contributed by atoms with Crippen molar-refractivity contribution in [3.8, 4) is 0 Å². The molecule has 0 unspecified atom stereocenters. The first-order valence-corrected chi connectivity index (χ1v) is 10.8. The fraction of sp³-hybridized carbons (Fsp3) is 0.304. The van der Waals surface area contributed by atoms with E-state index < -0.39 is 0 Å². The van der Waals surface area contributed by atoms with Crippen LogP contribution in [0.1, 0.15) is 46.4 Å². The Bertz CT molecular complexity index is 981. The van der Waals surface area contributed by atoms with E-state index in [0.29, 0.717) is 11.1 Å².